The van der Waals surface area contributed by atoms with Crippen molar-refractivity contribution in [1.82, 2.24) is 10.6 Å². The molecule has 0 fully saturated rings. The van der Waals surface area contributed by atoms with Gasteiger partial charge < -0.3 is 41.3 Å². The van der Waals surface area contributed by atoms with E-state index in [0.717, 1.165) is 0 Å². The Morgan fingerprint density at radius 2 is 1.60 bits per heavy atom. The van der Waals surface area contributed by atoms with Crippen molar-refractivity contribution in [3.8, 4) is 0 Å². The van der Waals surface area contributed by atoms with Crippen LogP contribution in [0.1, 0.15) is 12.8 Å². The fraction of sp³-hybridized carbons (Fsp3) is 0.600. The van der Waals surface area contributed by atoms with Crippen molar-refractivity contribution in [3.63, 3.8) is 0 Å². The number of nitrogens with two attached hydrogens (primary N) is 1. The first-order valence-electron chi connectivity index (χ1n) is 6.44. The number of aliphatic carboxylic acids is 2. The first-order valence-corrected chi connectivity index (χ1v) is 8.64. The monoisotopic (exact) mass is 405 g/mol. The molecule has 0 saturated carbocycles. The summed E-state index contributed by atoms with van der Waals surface area (Å²) in [4.78, 5) is 65.3. The second-order valence-corrected chi connectivity index (χ2v) is 5.80. The quantitative estimate of drug-likeness (QED) is 0.137. The van der Waals surface area contributed by atoms with Crippen LogP contribution in [0.4, 0.5) is 0 Å². The molecule has 0 aliphatic rings. The molecule has 0 radical (unpaired) electrons. The zero-order chi connectivity index (χ0) is 20.2. The highest BCUT2D eigenvalue weighted by molar-refractivity contribution is 7.80. The van der Waals surface area contributed by atoms with Gasteiger partial charge in [-0.3, -0.25) is 19.2 Å². The Bertz CT molecular complexity index is 517. The largest absolute Gasteiger partial charge is 0.480 e. The highest BCUT2D eigenvalue weighted by Gasteiger charge is 2.20. The topological polar surface area (TPSA) is 237 Å². The first-order chi connectivity index (χ1) is 11.3. The van der Waals surface area contributed by atoms with Crippen LogP contribution in [0, 0.1) is 0 Å². The molecular formula is C10H20N3O10PS. The van der Waals surface area contributed by atoms with Gasteiger partial charge in [-0.05, 0) is 6.42 Å². The molecule has 0 unspecified atom stereocenters. The lowest BCUT2D eigenvalue weighted by Gasteiger charge is -2.16. The molecule has 0 aliphatic carbocycles. The van der Waals surface area contributed by atoms with Crippen molar-refractivity contribution >= 4 is 44.2 Å². The fourth-order valence-corrected chi connectivity index (χ4v) is 1.41. The SMILES string of the molecule is N[C@@H](CCC(=O)N[C@@H](CS)C(=O)NCC(=O)O)C(=O)O.O=P(O)(O)O. The zero-order valence-corrected chi connectivity index (χ0v) is 14.5. The lowest BCUT2D eigenvalue weighted by molar-refractivity contribution is -0.139. The molecule has 13 nitrogen and oxygen atoms in total. The summed E-state index contributed by atoms with van der Waals surface area (Å²) in [5.41, 5.74) is 5.23. The summed E-state index contributed by atoms with van der Waals surface area (Å²) in [5, 5.41) is 21.4. The number of thiol groups is 1. The molecule has 0 aromatic heterocycles. The summed E-state index contributed by atoms with van der Waals surface area (Å²) in [5.74, 6) is -3.70. The Labute approximate surface area is 147 Å². The van der Waals surface area contributed by atoms with Crippen LogP contribution in [0.15, 0.2) is 0 Å². The van der Waals surface area contributed by atoms with Crippen molar-refractivity contribution in [2.45, 2.75) is 24.9 Å². The second-order valence-electron chi connectivity index (χ2n) is 4.41. The smallest absolute Gasteiger partial charge is 0.466 e. The number of carbonyl (C=O) groups is 4. The zero-order valence-electron chi connectivity index (χ0n) is 12.7. The summed E-state index contributed by atoms with van der Waals surface area (Å²) < 4.78 is 8.88. The molecule has 0 aromatic carbocycles. The van der Waals surface area contributed by atoms with E-state index in [4.69, 9.17) is 35.2 Å². The maximum absolute atomic E-state index is 11.5. The van der Waals surface area contributed by atoms with Crippen molar-refractivity contribution in [2.75, 3.05) is 12.3 Å². The van der Waals surface area contributed by atoms with Gasteiger partial charge in [0.05, 0.1) is 0 Å². The molecule has 2 amide bonds. The lowest BCUT2D eigenvalue weighted by atomic mass is 10.1. The average Bonchev–Trinajstić information content (AvgIpc) is 2.45. The number of carbonyl (C=O) groups excluding carboxylic acids is 2. The molecule has 146 valence electrons. The van der Waals surface area contributed by atoms with Crippen molar-refractivity contribution < 1.29 is 48.6 Å². The van der Waals surface area contributed by atoms with Gasteiger partial charge in [0.15, 0.2) is 0 Å². The number of amides is 2. The number of hydrogen-bond acceptors (Lipinski definition) is 7. The number of nitrogens with one attached hydrogen (secondary N) is 2. The van der Waals surface area contributed by atoms with Gasteiger partial charge in [0, 0.05) is 12.2 Å². The number of hydrogen-bond donors (Lipinski definition) is 9. The lowest BCUT2D eigenvalue weighted by Crippen LogP contribution is -2.49. The van der Waals surface area contributed by atoms with Crippen molar-refractivity contribution in [1.29, 1.82) is 0 Å². The van der Waals surface area contributed by atoms with Gasteiger partial charge in [-0.1, -0.05) is 0 Å². The van der Waals surface area contributed by atoms with Gasteiger partial charge in [0.25, 0.3) is 0 Å². The van der Waals surface area contributed by atoms with Gasteiger partial charge in [-0.2, -0.15) is 12.6 Å². The molecule has 0 saturated heterocycles. The minimum absolute atomic E-state index is 0.0256. The van der Waals surface area contributed by atoms with Gasteiger partial charge in [0.1, 0.15) is 18.6 Å². The molecule has 9 N–H and O–H groups in total. The molecule has 0 aromatic rings. The Kier molecular flexibility index (Phi) is 12.9. The summed E-state index contributed by atoms with van der Waals surface area (Å²) in [7, 11) is -4.64. The van der Waals surface area contributed by atoms with Gasteiger partial charge in [-0.15, -0.1) is 0 Å². The van der Waals surface area contributed by atoms with Crippen LogP contribution < -0.4 is 16.4 Å². The van der Waals surface area contributed by atoms with Crippen LogP contribution in [0.3, 0.4) is 0 Å². The maximum Gasteiger partial charge on any atom is 0.466 e. The highest BCUT2D eigenvalue weighted by atomic mass is 32.1. The van der Waals surface area contributed by atoms with Crippen LogP contribution >= 0.6 is 20.5 Å². The Morgan fingerprint density at radius 1 is 1.12 bits per heavy atom. The molecule has 0 aliphatic heterocycles. The number of carboxylic acids is 2. The summed E-state index contributed by atoms with van der Waals surface area (Å²) in [6.45, 7) is -0.567. The summed E-state index contributed by atoms with van der Waals surface area (Å²) in [6.07, 6.45) is -0.235. The molecule has 25 heavy (non-hydrogen) atoms. The van der Waals surface area contributed by atoms with E-state index >= 15 is 0 Å². The van der Waals surface area contributed by atoms with E-state index in [-0.39, 0.29) is 18.6 Å². The predicted molar refractivity (Wildman–Crippen MR) is 85.5 cm³/mol. The summed E-state index contributed by atoms with van der Waals surface area (Å²) >= 11 is 3.87. The minimum Gasteiger partial charge on any atom is -0.480 e. The average molecular weight is 405 g/mol. The van der Waals surface area contributed by atoms with Crippen LogP contribution in [0.5, 0.6) is 0 Å². The van der Waals surface area contributed by atoms with Crippen LogP contribution in [0.2, 0.25) is 0 Å². The number of phosphoric acid groups is 1. The van der Waals surface area contributed by atoms with E-state index in [1.54, 1.807) is 0 Å². The molecule has 0 heterocycles. The number of carboxylic acid groups (broad SMARTS) is 2. The van der Waals surface area contributed by atoms with E-state index in [9.17, 15) is 19.2 Å². The third-order valence-electron chi connectivity index (χ3n) is 2.25. The van der Waals surface area contributed by atoms with E-state index in [1.807, 2.05) is 0 Å². The second kappa shape index (κ2) is 12.6. The van der Waals surface area contributed by atoms with E-state index in [2.05, 4.69) is 23.3 Å². The van der Waals surface area contributed by atoms with Crippen molar-refractivity contribution in [2.24, 2.45) is 5.73 Å². The van der Waals surface area contributed by atoms with Crippen LogP contribution in [-0.2, 0) is 23.7 Å². The Balaban J connectivity index is 0. The van der Waals surface area contributed by atoms with Gasteiger partial charge in [0.2, 0.25) is 11.8 Å². The van der Waals surface area contributed by atoms with E-state index in [0.29, 0.717) is 0 Å². The molecular weight excluding hydrogens is 385 g/mol. The minimum atomic E-state index is -4.64. The Morgan fingerprint density at radius 3 is 1.96 bits per heavy atom. The van der Waals surface area contributed by atoms with E-state index in [1.165, 1.54) is 0 Å². The summed E-state index contributed by atoms with van der Waals surface area (Å²) in [6, 6.07) is -2.15. The maximum atomic E-state index is 11.5. The molecule has 15 heteroatoms. The Hall–Kier alpha value is -1.70. The first kappa shape index (κ1) is 25.5. The van der Waals surface area contributed by atoms with Gasteiger partial charge in [-0.25, -0.2) is 4.57 Å². The molecule has 2 atom stereocenters. The normalized spacial score (nSPS) is 12.8. The molecule has 0 bridgehead atoms. The third-order valence-corrected chi connectivity index (χ3v) is 2.61. The van der Waals surface area contributed by atoms with Gasteiger partial charge >= 0.3 is 19.8 Å². The highest BCUT2D eigenvalue weighted by Crippen LogP contribution is 2.25. The third kappa shape index (κ3) is 18.5. The fourth-order valence-electron chi connectivity index (χ4n) is 1.16. The van der Waals surface area contributed by atoms with Crippen LogP contribution in [-0.4, -0.2) is 73.0 Å². The molecule has 0 spiro atoms. The number of rotatable bonds is 9. The molecule has 0 rings (SSSR count). The van der Waals surface area contributed by atoms with E-state index < -0.39 is 50.2 Å². The van der Waals surface area contributed by atoms with Crippen molar-refractivity contribution in [3.05, 3.63) is 0 Å². The predicted octanol–water partition coefficient (Wildman–Crippen LogP) is -3.13. The standard InChI is InChI=1S/C10H17N3O6S.H3O4P/c11-5(10(18)19)1-2-7(14)13-6(4-20)9(17)12-3-8(15)16;1-5(2,3)4/h5-6,20H,1-4,11H2,(H,12,17)(H,13,14)(H,15,16)(H,18,19);(H3,1,2,3,4)/t5-,6-;/m0./s1. The van der Waals surface area contributed by atoms with Crippen LogP contribution in [0.25, 0.3) is 0 Å².